The lowest BCUT2D eigenvalue weighted by molar-refractivity contribution is -0.342. The molecule has 0 radical (unpaired) electrons. The van der Waals surface area contributed by atoms with Crippen LogP contribution in [0.1, 0.15) is 0 Å². The van der Waals surface area contributed by atoms with E-state index in [9.17, 15) is 35.1 Å². The lowest BCUT2D eigenvalue weighted by Gasteiger charge is -2.27. The molecule has 0 aliphatic heterocycles. The van der Waals surface area contributed by atoms with E-state index in [-0.39, 0.29) is 0 Å². The molecule has 0 nitrogen and oxygen atoms in total. The summed E-state index contributed by atoms with van der Waals surface area (Å²) in [6, 6.07) is 0. The van der Waals surface area contributed by atoms with Crippen LogP contribution in [0.3, 0.4) is 0 Å². The van der Waals surface area contributed by atoms with E-state index < -0.39 is 28.8 Å². The molecule has 0 atom stereocenters. The SMILES string of the molecule is F/C=C(\Br)C(F)(F)C(F)(F)C(F)(F)F. The molecule has 0 spiro atoms. The first-order valence-electron chi connectivity index (χ1n) is 2.77. The molecule has 0 aliphatic rings. The maximum atomic E-state index is 12.3. The van der Waals surface area contributed by atoms with Crippen molar-refractivity contribution in [2.24, 2.45) is 0 Å². The van der Waals surface area contributed by atoms with Gasteiger partial charge in [-0.15, -0.1) is 0 Å². The maximum Gasteiger partial charge on any atom is 0.460 e. The molecule has 0 aliphatic carbocycles. The van der Waals surface area contributed by atoms with Gasteiger partial charge in [-0.05, 0) is 15.9 Å². The van der Waals surface area contributed by atoms with Crippen LogP contribution >= 0.6 is 15.9 Å². The summed E-state index contributed by atoms with van der Waals surface area (Å²) < 4.78 is 92.1. The van der Waals surface area contributed by atoms with Crippen molar-refractivity contribution in [3.63, 3.8) is 0 Å². The van der Waals surface area contributed by atoms with E-state index in [0.717, 1.165) is 0 Å². The molecule has 0 saturated carbocycles. The van der Waals surface area contributed by atoms with E-state index in [4.69, 9.17) is 0 Å². The summed E-state index contributed by atoms with van der Waals surface area (Å²) >= 11 is 1.58. The third kappa shape index (κ3) is 2.01. The molecule has 0 N–H and O–H groups in total. The largest absolute Gasteiger partial charge is 0.460 e. The van der Waals surface area contributed by atoms with Crippen molar-refractivity contribution in [2.45, 2.75) is 18.0 Å². The molecule has 84 valence electrons. The lowest BCUT2D eigenvalue weighted by atomic mass is 10.1. The Balaban J connectivity index is 5.29. The van der Waals surface area contributed by atoms with Crippen molar-refractivity contribution in [3.05, 3.63) is 10.8 Å². The Hall–Kier alpha value is -0.340. The van der Waals surface area contributed by atoms with Crippen molar-refractivity contribution < 1.29 is 35.1 Å². The summed E-state index contributed by atoms with van der Waals surface area (Å²) in [7, 11) is 0. The maximum absolute atomic E-state index is 12.3. The Bertz CT molecular complexity index is 239. The van der Waals surface area contributed by atoms with Crippen molar-refractivity contribution in [3.8, 4) is 0 Å². The molecule has 0 amide bonds. The third-order valence-corrected chi connectivity index (χ3v) is 1.82. The minimum absolute atomic E-state index is 1.07. The van der Waals surface area contributed by atoms with Crippen LogP contribution in [0.5, 0.6) is 0 Å². The molecular weight excluding hydrogens is 292 g/mol. The molecule has 0 fully saturated rings. The number of halogens is 9. The van der Waals surface area contributed by atoms with Gasteiger partial charge in [-0.25, -0.2) is 4.39 Å². The monoisotopic (exact) mass is 292 g/mol. The zero-order valence-electron chi connectivity index (χ0n) is 5.98. The standard InChI is InChI=1S/C5HBrF8/c6-2(1-7)3(8,9)4(10,11)5(12,13)14/h1H/b2-1-. The quantitative estimate of drug-likeness (QED) is 0.674. The van der Waals surface area contributed by atoms with Crippen LogP contribution < -0.4 is 0 Å². The van der Waals surface area contributed by atoms with Crippen LogP contribution in [0.4, 0.5) is 35.1 Å². The fraction of sp³-hybridized carbons (Fsp3) is 0.600. The van der Waals surface area contributed by atoms with E-state index in [1.54, 1.807) is 15.9 Å². The molecule has 0 rings (SSSR count). The minimum atomic E-state index is -6.46. The molecule has 0 aromatic carbocycles. The smallest absolute Gasteiger partial charge is 0.214 e. The van der Waals surface area contributed by atoms with Crippen LogP contribution in [-0.2, 0) is 0 Å². The van der Waals surface area contributed by atoms with Crippen LogP contribution in [-0.4, -0.2) is 18.0 Å². The summed E-state index contributed by atoms with van der Waals surface area (Å²) in [6.45, 7) is 0. The second-order valence-corrected chi connectivity index (χ2v) is 2.96. The van der Waals surface area contributed by atoms with E-state index in [1.807, 2.05) is 0 Å². The molecule has 0 aromatic heterocycles. The van der Waals surface area contributed by atoms with E-state index in [1.165, 1.54) is 0 Å². The van der Waals surface area contributed by atoms with Crippen LogP contribution in [0.15, 0.2) is 10.8 Å². The van der Waals surface area contributed by atoms with Gasteiger partial charge in [0.1, 0.15) is 6.33 Å². The summed E-state index contributed by atoms with van der Waals surface area (Å²) in [5.74, 6) is -12.0. The number of alkyl halides is 7. The van der Waals surface area contributed by atoms with Gasteiger partial charge in [0.25, 0.3) is 0 Å². The first-order valence-corrected chi connectivity index (χ1v) is 3.56. The topological polar surface area (TPSA) is 0 Å². The molecular formula is C5HBrF8. The van der Waals surface area contributed by atoms with Gasteiger partial charge in [-0.1, -0.05) is 0 Å². The molecule has 0 saturated heterocycles. The predicted molar refractivity (Wildman–Crippen MR) is 34.1 cm³/mol. The van der Waals surface area contributed by atoms with Gasteiger partial charge >= 0.3 is 18.0 Å². The van der Waals surface area contributed by atoms with Crippen molar-refractivity contribution in [2.75, 3.05) is 0 Å². The Morgan fingerprint density at radius 3 is 1.50 bits per heavy atom. The first-order chi connectivity index (χ1) is 5.98. The Morgan fingerprint density at radius 1 is 0.929 bits per heavy atom. The number of rotatable bonds is 2. The number of allylic oxidation sites excluding steroid dienone is 1. The summed E-state index contributed by atoms with van der Waals surface area (Å²) in [6.07, 6.45) is -7.53. The highest BCUT2D eigenvalue weighted by atomic mass is 79.9. The van der Waals surface area contributed by atoms with E-state index in [0.29, 0.717) is 0 Å². The summed E-state index contributed by atoms with van der Waals surface area (Å²) in [5, 5.41) is 0. The highest BCUT2D eigenvalue weighted by molar-refractivity contribution is 9.11. The van der Waals surface area contributed by atoms with Crippen LogP contribution in [0.25, 0.3) is 0 Å². The van der Waals surface area contributed by atoms with Crippen molar-refractivity contribution in [1.29, 1.82) is 0 Å². The highest BCUT2D eigenvalue weighted by Gasteiger charge is 2.74. The first kappa shape index (κ1) is 13.7. The lowest BCUT2D eigenvalue weighted by Crippen LogP contribution is -2.52. The van der Waals surface area contributed by atoms with E-state index >= 15 is 0 Å². The molecule has 0 unspecified atom stereocenters. The van der Waals surface area contributed by atoms with Gasteiger partial charge in [0.15, 0.2) is 0 Å². The van der Waals surface area contributed by atoms with Gasteiger partial charge in [0.05, 0.1) is 4.48 Å². The summed E-state index contributed by atoms with van der Waals surface area (Å²) in [5.41, 5.74) is 0. The normalized spacial score (nSPS) is 15.9. The molecule has 0 bridgehead atoms. The number of hydrogen-bond acceptors (Lipinski definition) is 0. The Labute approximate surface area is 80.7 Å². The third-order valence-electron chi connectivity index (χ3n) is 1.15. The van der Waals surface area contributed by atoms with Crippen molar-refractivity contribution >= 4 is 15.9 Å². The minimum Gasteiger partial charge on any atom is -0.214 e. The second kappa shape index (κ2) is 3.67. The van der Waals surface area contributed by atoms with Gasteiger partial charge in [-0.2, -0.15) is 30.7 Å². The average Bonchev–Trinajstić information content (AvgIpc) is 2.00. The van der Waals surface area contributed by atoms with Crippen LogP contribution in [0, 0.1) is 0 Å². The Kier molecular flexibility index (Phi) is 3.58. The van der Waals surface area contributed by atoms with Gasteiger partial charge in [0.2, 0.25) is 0 Å². The van der Waals surface area contributed by atoms with Gasteiger partial charge in [-0.3, -0.25) is 0 Å². The van der Waals surface area contributed by atoms with Crippen LogP contribution in [0.2, 0.25) is 0 Å². The zero-order chi connectivity index (χ0) is 11.8. The Morgan fingerprint density at radius 2 is 1.29 bits per heavy atom. The zero-order valence-corrected chi connectivity index (χ0v) is 7.57. The molecule has 9 heteroatoms. The van der Waals surface area contributed by atoms with E-state index in [2.05, 4.69) is 0 Å². The molecule has 0 heterocycles. The predicted octanol–water partition coefficient (Wildman–Crippen LogP) is 4.03. The van der Waals surface area contributed by atoms with Gasteiger partial charge < -0.3 is 0 Å². The summed E-state index contributed by atoms with van der Waals surface area (Å²) in [4.78, 5) is 0. The number of hydrogen-bond donors (Lipinski definition) is 0. The average molecular weight is 293 g/mol. The fourth-order valence-electron chi connectivity index (χ4n) is 0.397. The molecule has 14 heavy (non-hydrogen) atoms. The van der Waals surface area contributed by atoms with Crippen molar-refractivity contribution in [1.82, 2.24) is 0 Å². The molecule has 0 aromatic rings. The van der Waals surface area contributed by atoms with Gasteiger partial charge in [0, 0.05) is 0 Å². The fourth-order valence-corrected chi connectivity index (χ4v) is 0.645. The highest BCUT2D eigenvalue weighted by Crippen LogP contribution is 2.51. The second-order valence-electron chi connectivity index (χ2n) is 2.10.